The molecule has 0 aliphatic rings. The first-order valence-electron chi connectivity index (χ1n) is 7.23. The van der Waals surface area contributed by atoms with Gasteiger partial charge in [-0.1, -0.05) is 5.16 Å². The number of nitrogens with one attached hydrogen (secondary N) is 2. The van der Waals surface area contributed by atoms with E-state index in [9.17, 15) is 9.90 Å². The molecule has 124 valence electrons. The molecule has 0 aliphatic carbocycles. The molecule has 0 saturated carbocycles. The predicted molar refractivity (Wildman–Crippen MR) is 85.8 cm³/mol. The lowest BCUT2D eigenvalue weighted by molar-refractivity contribution is -0.137. The van der Waals surface area contributed by atoms with Crippen molar-refractivity contribution in [2.45, 2.75) is 12.5 Å². The molecule has 0 unspecified atom stereocenters. The predicted octanol–water partition coefficient (Wildman–Crippen LogP) is 2.18. The summed E-state index contributed by atoms with van der Waals surface area (Å²) in [5.74, 6) is 0.0332. The zero-order valence-electron chi connectivity index (χ0n) is 12.9. The molecule has 0 bridgehead atoms. The van der Waals surface area contributed by atoms with Crippen molar-refractivity contribution in [3.8, 4) is 17.0 Å². The Morgan fingerprint density at radius 1 is 1.42 bits per heavy atom. The molecule has 3 rings (SSSR count). The molecular formula is C16H16N4O4. The van der Waals surface area contributed by atoms with Gasteiger partial charge in [0.15, 0.2) is 0 Å². The fraction of sp³-hybridized carbons (Fsp3) is 0.188. The number of carbonyl (C=O) groups is 1. The second kappa shape index (κ2) is 6.86. The summed E-state index contributed by atoms with van der Waals surface area (Å²) in [4.78, 5) is 18.2. The van der Waals surface area contributed by atoms with Gasteiger partial charge in [0.1, 0.15) is 17.5 Å². The second-order valence-electron chi connectivity index (χ2n) is 5.12. The van der Waals surface area contributed by atoms with Crippen LogP contribution in [0.5, 0.6) is 5.75 Å². The first-order chi connectivity index (χ1) is 11.7. The molecule has 2 aromatic heterocycles. The van der Waals surface area contributed by atoms with E-state index in [-0.39, 0.29) is 12.3 Å². The van der Waals surface area contributed by atoms with Crippen molar-refractivity contribution in [2.75, 3.05) is 12.4 Å². The number of H-pyrrole nitrogens is 1. The molecule has 2 heterocycles. The van der Waals surface area contributed by atoms with E-state index in [0.29, 0.717) is 11.4 Å². The van der Waals surface area contributed by atoms with Crippen LogP contribution in [0.2, 0.25) is 0 Å². The number of nitrogens with zero attached hydrogens (tertiary/aromatic N) is 2. The molecule has 0 spiro atoms. The molecule has 0 saturated heterocycles. The Hall–Kier alpha value is -3.29. The standard InChI is InChI=1S/C16H16N4O4/c1-23-12-4-2-10(3-5-12)13-7-15(24-20-13)19-14(16(21)22)6-11-8-17-9-18-11/h2-5,7-9,14,19H,6H2,1H3,(H,17,18)(H,21,22)/t14-/m0/s1. The third-order valence-electron chi connectivity index (χ3n) is 3.49. The molecule has 24 heavy (non-hydrogen) atoms. The van der Waals surface area contributed by atoms with E-state index in [0.717, 1.165) is 11.3 Å². The number of hydrogen-bond acceptors (Lipinski definition) is 6. The summed E-state index contributed by atoms with van der Waals surface area (Å²) in [6.07, 6.45) is 3.33. The smallest absolute Gasteiger partial charge is 0.326 e. The molecule has 3 N–H and O–H groups in total. The summed E-state index contributed by atoms with van der Waals surface area (Å²) in [5.41, 5.74) is 2.16. The number of benzene rings is 1. The largest absolute Gasteiger partial charge is 0.497 e. The van der Waals surface area contributed by atoms with Gasteiger partial charge in [0.2, 0.25) is 5.88 Å². The molecule has 8 nitrogen and oxygen atoms in total. The Morgan fingerprint density at radius 3 is 2.83 bits per heavy atom. The maximum atomic E-state index is 11.4. The van der Waals surface area contributed by atoms with Crippen molar-refractivity contribution in [3.05, 3.63) is 48.5 Å². The molecule has 1 atom stereocenters. The van der Waals surface area contributed by atoms with Gasteiger partial charge in [0.25, 0.3) is 0 Å². The molecule has 0 amide bonds. The lowest BCUT2D eigenvalue weighted by atomic mass is 10.1. The Morgan fingerprint density at radius 2 is 2.21 bits per heavy atom. The van der Waals surface area contributed by atoms with Gasteiger partial charge in [-0.15, -0.1) is 0 Å². The Labute approximate surface area is 137 Å². The maximum Gasteiger partial charge on any atom is 0.326 e. The van der Waals surface area contributed by atoms with E-state index in [2.05, 4.69) is 20.4 Å². The zero-order chi connectivity index (χ0) is 16.9. The van der Waals surface area contributed by atoms with E-state index in [1.807, 2.05) is 24.3 Å². The molecule has 3 aromatic rings. The maximum absolute atomic E-state index is 11.4. The molecule has 0 radical (unpaired) electrons. The first-order valence-corrected chi connectivity index (χ1v) is 7.23. The van der Waals surface area contributed by atoms with Crippen LogP contribution in [-0.4, -0.2) is 39.4 Å². The lowest BCUT2D eigenvalue weighted by Crippen LogP contribution is -2.31. The van der Waals surface area contributed by atoms with Gasteiger partial charge in [-0.25, -0.2) is 9.78 Å². The van der Waals surface area contributed by atoms with Crippen LogP contribution in [0.25, 0.3) is 11.3 Å². The van der Waals surface area contributed by atoms with E-state index in [4.69, 9.17) is 9.26 Å². The Kier molecular flexibility index (Phi) is 4.46. The van der Waals surface area contributed by atoms with Crippen molar-refractivity contribution < 1.29 is 19.2 Å². The van der Waals surface area contributed by atoms with Crippen LogP contribution in [0, 0.1) is 0 Å². The van der Waals surface area contributed by atoms with Crippen LogP contribution < -0.4 is 10.1 Å². The number of rotatable bonds is 7. The third kappa shape index (κ3) is 3.54. The number of aromatic nitrogens is 3. The number of methoxy groups -OCH3 is 1. The van der Waals surface area contributed by atoms with E-state index in [1.54, 1.807) is 19.4 Å². The first kappa shape index (κ1) is 15.6. The highest BCUT2D eigenvalue weighted by atomic mass is 16.5. The van der Waals surface area contributed by atoms with Crippen LogP contribution in [0.15, 0.2) is 47.4 Å². The molecule has 0 aliphatic heterocycles. The summed E-state index contributed by atoms with van der Waals surface area (Å²) in [5, 5.41) is 16.1. The quantitative estimate of drug-likeness (QED) is 0.609. The van der Waals surface area contributed by atoms with Crippen LogP contribution in [0.4, 0.5) is 5.88 Å². The number of carboxylic acid groups (broad SMARTS) is 1. The minimum atomic E-state index is -0.994. The van der Waals surface area contributed by atoms with Gasteiger partial charge in [-0.2, -0.15) is 0 Å². The van der Waals surface area contributed by atoms with E-state index >= 15 is 0 Å². The fourth-order valence-corrected chi connectivity index (χ4v) is 2.23. The number of aliphatic carboxylic acids is 1. The van der Waals surface area contributed by atoms with Crippen molar-refractivity contribution in [2.24, 2.45) is 0 Å². The molecule has 0 fully saturated rings. The topological polar surface area (TPSA) is 113 Å². The summed E-state index contributed by atoms with van der Waals surface area (Å²) in [6.45, 7) is 0. The third-order valence-corrected chi connectivity index (χ3v) is 3.49. The minimum Gasteiger partial charge on any atom is -0.497 e. The highest BCUT2D eigenvalue weighted by Gasteiger charge is 2.20. The van der Waals surface area contributed by atoms with E-state index in [1.165, 1.54) is 6.33 Å². The average molecular weight is 328 g/mol. The average Bonchev–Trinajstić information content (AvgIpc) is 3.26. The van der Waals surface area contributed by atoms with Crippen molar-refractivity contribution in [3.63, 3.8) is 0 Å². The number of aromatic amines is 1. The summed E-state index contributed by atoms with van der Waals surface area (Å²) in [6, 6.07) is 8.12. The van der Waals surface area contributed by atoms with Crippen LogP contribution in [0.3, 0.4) is 0 Å². The van der Waals surface area contributed by atoms with Gasteiger partial charge in [-0.3, -0.25) is 0 Å². The number of ether oxygens (including phenoxy) is 1. The Bertz CT molecular complexity index is 796. The zero-order valence-corrected chi connectivity index (χ0v) is 12.9. The van der Waals surface area contributed by atoms with E-state index < -0.39 is 12.0 Å². The van der Waals surface area contributed by atoms with Crippen molar-refractivity contribution in [1.82, 2.24) is 15.1 Å². The number of anilines is 1. The van der Waals surface area contributed by atoms with Crippen LogP contribution in [-0.2, 0) is 11.2 Å². The Balaban J connectivity index is 1.72. The van der Waals surface area contributed by atoms with Gasteiger partial charge in [-0.05, 0) is 24.3 Å². The molecular weight excluding hydrogens is 312 g/mol. The van der Waals surface area contributed by atoms with Crippen molar-refractivity contribution >= 4 is 11.9 Å². The monoisotopic (exact) mass is 328 g/mol. The fourth-order valence-electron chi connectivity index (χ4n) is 2.23. The second-order valence-corrected chi connectivity index (χ2v) is 5.12. The van der Waals surface area contributed by atoms with Gasteiger partial charge in [0, 0.05) is 29.9 Å². The van der Waals surface area contributed by atoms with Gasteiger partial charge >= 0.3 is 5.97 Å². The summed E-state index contributed by atoms with van der Waals surface area (Å²) in [7, 11) is 1.60. The lowest BCUT2D eigenvalue weighted by Gasteiger charge is -2.11. The number of imidazole rings is 1. The normalized spacial score (nSPS) is 11.9. The number of hydrogen-bond donors (Lipinski definition) is 3. The van der Waals surface area contributed by atoms with Crippen LogP contribution >= 0.6 is 0 Å². The highest BCUT2D eigenvalue weighted by Crippen LogP contribution is 2.24. The highest BCUT2D eigenvalue weighted by molar-refractivity contribution is 5.77. The molecule has 8 heteroatoms. The van der Waals surface area contributed by atoms with Crippen molar-refractivity contribution in [1.29, 1.82) is 0 Å². The number of carboxylic acids is 1. The SMILES string of the molecule is COc1ccc(-c2cc(N[C@@H](Cc3cnc[nH]3)C(=O)O)on2)cc1. The summed E-state index contributed by atoms with van der Waals surface area (Å²) < 4.78 is 10.3. The minimum absolute atomic E-state index is 0.244. The van der Waals surface area contributed by atoms with Crippen LogP contribution in [0.1, 0.15) is 5.69 Å². The van der Waals surface area contributed by atoms with Gasteiger partial charge < -0.3 is 24.7 Å². The summed E-state index contributed by atoms with van der Waals surface area (Å²) >= 11 is 0. The van der Waals surface area contributed by atoms with Gasteiger partial charge in [0.05, 0.1) is 13.4 Å². The molecule has 1 aromatic carbocycles.